The zero-order valence-electron chi connectivity index (χ0n) is 17.6. The lowest BCUT2D eigenvalue weighted by Gasteiger charge is -2.27. The van der Waals surface area contributed by atoms with E-state index < -0.39 is 5.91 Å². The van der Waals surface area contributed by atoms with E-state index in [0.717, 1.165) is 56.8 Å². The molecular weight excluding hydrogens is 378 g/mol. The molecule has 0 spiro atoms. The van der Waals surface area contributed by atoms with Crippen LogP contribution >= 0.6 is 0 Å². The summed E-state index contributed by atoms with van der Waals surface area (Å²) in [5, 5.41) is 9.26. The molecule has 30 heavy (non-hydrogen) atoms. The van der Waals surface area contributed by atoms with Crippen molar-refractivity contribution in [3.8, 4) is 0 Å². The summed E-state index contributed by atoms with van der Waals surface area (Å²) in [6.07, 6.45) is 2.78. The van der Waals surface area contributed by atoms with Crippen molar-refractivity contribution in [1.29, 1.82) is 0 Å². The summed E-state index contributed by atoms with van der Waals surface area (Å²) in [6.45, 7) is 10.6. The molecule has 160 valence electrons. The molecule has 0 radical (unpaired) electrons. The van der Waals surface area contributed by atoms with E-state index >= 15 is 0 Å². The Balaban J connectivity index is 1.70. The second-order valence-corrected chi connectivity index (χ2v) is 7.49. The van der Waals surface area contributed by atoms with Crippen molar-refractivity contribution >= 4 is 11.6 Å². The number of rotatable bonds is 9. The van der Waals surface area contributed by atoms with Crippen molar-refractivity contribution in [3.05, 3.63) is 76.2 Å². The smallest absolute Gasteiger partial charge is 0.263 e. The average Bonchev–Trinajstić information content (AvgIpc) is 2.78. The van der Waals surface area contributed by atoms with Crippen LogP contribution in [0.5, 0.6) is 0 Å². The molecule has 0 aliphatic carbocycles. The van der Waals surface area contributed by atoms with Gasteiger partial charge in [0, 0.05) is 57.2 Å². The van der Waals surface area contributed by atoms with E-state index in [0.29, 0.717) is 12.2 Å². The molecule has 3 N–H and O–H groups in total. The number of pyridine rings is 1. The summed E-state index contributed by atoms with van der Waals surface area (Å²) in [6, 6.07) is 11.3. The number of carbonyl (C=O) groups is 1. The number of carbonyl (C=O) groups excluding carboxylic acids is 1. The van der Waals surface area contributed by atoms with E-state index in [1.807, 2.05) is 30.3 Å². The predicted octanol–water partition coefficient (Wildman–Crippen LogP) is 1.11. The summed E-state index contributed by atoms with van der Waals surface area (Å²) in [4.78, 5) is 27.5. The largest absolute Gasteiger partial charge is 0.385 e. The van der Waals surface area contributed by atoms with Crippen LogP contribution in [0, 0.1) is 0 Å². The van der Waals surface area contributed by atoms with Gasteiger partial charge in [0.15, 0.2) is 0 Å². The molecule has 7 heteroatoms. The first-order valence-corrected chi connectivity index (χ1v) is 10.4. The SMILES string of the molecule is C=C(NCCCN1CCNCC1)c1cc(C(=O)NC)c(=O)n(Cc2ccccc2)c1. The van der Waals surface area contributed by atoms with Crippen LogP contribution in [-0.2, 0) is 6.54 Å². The number of nitrogens with one attached hydrogen (secondary N) is 3. The Morgan fingerprint density at radius 3 is 2.63 bits per heavy atom. The molecule has 1 aromatic carbocycles. The number of piperazine rings is 1. The third-order valence-electron chi connectivity index (χ3n) is 5.30. The summed E-state index contributed by atoms with van der Waals surface area (Å²) < 4.78 is 1.57. The molecule has 1 aromatic heterocycles. The van der Waals surface area contributed by atoms with Gasteiger partial charge in [-0.15, -0.1) is 0 Å². The maximum Gasteiger partial charge on any atom is 0.263 e. The minimum absolute atomic E-state index is 0.120. The van der Waals surface area contributed by atoms with Crippen LogP contribution in [0.3, 0.4) is 0 Å². The first kappa shape index (κ1) is 21.8. The maximum absolute atomic E-state index is 12.8. The van der Waals surface area contributed by atoms with Crippen LogP contribution in [-0.4, -0.2) is 61.7 Å². The van der Waals surface area contributed by atoms with Crippen LogP contribution in [0.4, 0.5) is 0 Å². The van der Waals surface area contributed by atoms with Crippen LogP contribution in [0.2, 0.25) is 0 Å². The molecule has 7 nitrogen and oxygen atoms in total. The quantitative estimate of drug-likeness (QED) is 0.541. The molecule has 3 rings (SSSR count). The molecule has 1 aliphatic rings. The van der Waals surface area contributed by atoms with Crippen LogP contribution in [0.25, 0.3) is 5.70 Å². The highest BCUT2D eigenvalue weighted by Crippen LogP contribution is 2.12. The van der Waals surface area contributed by atoms with Crippen molar-refractivity contribution in [2.45, 2.75) is 13.0 Å². The number of benzene rings is 1. The monoisotopic (exact) mass is 409 g/mol. The highest BCUT2D eigenvalue weighted by Gasteiger charge is 2.15. The van der Waals surface area contributed by atoms with E-state index in [-0.39, 0.29) is 11.1 Å². The van der Waals surface area contributed by atoms with Crippen molar-refractivity contribution in [2.75, 3.05) is 46.3 Å². The third-order valence-corrected chi connectivity index (χ3v) is 5.30. The summed E-state index contributed by atoms with van der Waals surface area (Å²) in [7, 11) is 1.53. The van der Waals surface area contributed by atoms with Gasteiger partial charge in [0.05, 0.1) is 6.54 Å². The molecule has 0 saturated carbocycles. The normalized spacial score (nSPS) is 14.3. The number of aromatic nitrogens is 1. The summed E-state index contributed by atoms with van der Waals surface area (Å²) in [5.74, 6) is -0.393. The van der Waals surface area contributed by atoms with Gasteiger partial charge < -0.3 is 25.4 Å². The van der Waals surface area contributed by atoms with E-state index in [1.54, 1.807) is 16.8 Å². The molecule has 1 fully saturated rings. The van der Waals surface area contributed by atoms with Gasteiger partial charge in [0.2, 0.25) is 0 Å². The highest BCUT2D eigenvalue weighted by atomic mass is 16.2. The molecule has 1 saturated heterocycles. The van der Waals surface area contributed by atoms with Crippen molar-refractivity contribution in [2.24, 2.45) is 0 Å². The first-order valence-electron chi connectivity index (χ1n) is 10.4. The van der Waals surface area contributed by atoms with E-state index in [2.05, 4.69) is 27.4 Å². The molecule has 0 unspecified atom stereocenters. The van der Waals surface area contributed by atoms with E-state index in [1.165, 1.54) is 7.05 Å². The lowest BCUT2D eigenvalue weighted by Crippen LogP contribution is -2.44. The second-order valence-electron chi connectivity index (χ2n) is 7.49. The zero-order valence-corrected chi connectivity index (χ0v) is 17.6. The van der Waals surface area contributed by atoms with E-state index in [4.69, 9.17) is 0 Å². The number of nitrogens with zero attached hydrogens (tertiary/aromatic N) is 2. The van der Waals surface area contributed by atoms with Crippen molar-refractivity contribution in [3.63, 3.8) is 0 Å². The van der Waals surface area contributed by atoms with Crippen LogP contribution in [0.15, 0.2) is 54.0 Å². The fraction of sp³-hybridized carbons (Fsp3) is 0.391. The highest BCUT2D eigenvalue weighted by molar-refractivity contribution is 5.94. The lowest BCUT2D eigenvalue weighted by molar-refractivity contribution is 0.0961. The number of amides is 1. The van der Waals surface area contributed by atoms with Gasteiger partial charge in [0.25, 0.3) is 11.5 Å². The Bertz CT molecular complexity index is 917. The Kier molecular flexibility index (Phi) is 7.82. The third kappa shape index (κ3) is 5.81. The molecule has 0 bridgehead atoms. The maximum atomic E-state index is 12.8. The molecule has 0 atom stereocenters. The number of hydrogen-bond acceptors (Lipinski definition) is 5. The minimum atomic E-state index is -0.393. The first-order chi connectivity index (χ1) is 14.6. The second kappa shape index (κ2) is 10.8. The minimum Gasteiger partial charge on any atom is -0.385 e. The van der Waals surface area contributed by atoms with E-state index in [9.17, 15) is 9.59 Å². The molecule has 2 heterocycles. The molecule has 1 aliphatic heterocycles. The van der Waals surface area contributed by atoms with Gasteiger partial charge >= 0.3 is 0 Å². The Morgan fingerprint density at radius 2 is 1.93 bits per heavy atom. The van der Waals surface area contributed by atoms with Crippen molar-refractivity contribution in [1.82, 2.24) is 25.4 Å². The van der Waals surface area contributed by atoms with Crippen molar-refractivity contribution < 1.29 is 4.79 Å². The van der Waals surface area contributed by atoms with Crippen LogP contribution in [0.1, 0.15) is 27.9 Å². The van der Waals surface area contributed by atoms with Gasteiger partial charge in [-0.1, -0.05) is 36.9 Å². The lowest BCUT2D eigenvalue weighted by atomic mass is 10.1. The molecule has 1 amide bonds. The van der Waals surface area contributed by atoms with Gasteiger partial charge in [-0.25, -0.2) is 0 Å². The van der Waals surface area contributed by atoms with Gasteiger partial charge in [0.1, 0.15) is 5.56 Å². The fourth-order valence-electron chi connectivity index (χ4n) is 3.57. The zero-order chi connectivity index (χ0) is 21.3. The van der Waals surface area contributed by atoms with Gasteiger partial charge in [-0.2, -0.15) is 0 Å². The molecular formula is C23H31N5O2. The fourth-order valence-corrected chi connectivity index (χ4v) is 3.57. The summed E-state index contributed by atoms with van der Waals surface area (Å²) >= 11 is 0. The van der Waals surface area contributed by atoms with Crippen LogP contribution < -0.4 is 21.5 Å². The topological polar surface area (TPSA) is 78.4 Å². The summed E-state index contributed by atoms with van der Waals surface area (Å²) in [5.41, 5.74) is 2.26. The number of hydrogen-bond donors (Lipinski definition) is 3. The average molecular weight is 410 g/mol. The standard InChI is InChI=1S/C23H31N5O2/c1-18(26-9-6-12-27-13-10-25-11-14-27)20-15-21(22(29)24-2)23(30)28(17-20)16-19-7-4-3-5-8-19/h3-5,7-8,15,17,25-26H,1,6,9-14,16H2,2H3,(H,24,29). The Hall–Kier alpha value is -2.90. The Morgan fingerprint density at radius 1 is 1.20 bits per heavy atom. The van der Waals surface area contributed by atoms with Gasteiger partial charge in [-0.05, 0) is 24.6 Å². The molecule has 2 aromatic rings. The Labute approximate surface area is 177 Å². The van der Waals surface area contributed by atoms with Gasteiger partial charge in [-0.3, -0.25) is 9.59 Å². The predicted molar refractivity (Wildman–Crippen MR) is 121 cm³/mol.